The van der Waals surface area contributed by atoms with E-state index >= 15 is 0 Å². The summed E-state index contributed by atoms with van der Waals surface area (Å²) in [7, 11) is 0. The zero-order chi connectivity index (χ0) is 14.0. The number of nitrogens with one attached hydrogen (secondary N) is 1. The molecule has 0 saturated carbocycles. The van der Waals surface area contributed by atoms with Crippen LogP contribution in [0.15, 0.2) is 42.5 Å². The van der Waals surface area contributed by atoms with Gasteiger partial charge in [-0.2, -0.15) is 0 Å². The van der Waals surface area contributed by atoms with Crippen LogP contribution in [0.1, 0.15) is 38.7 Å². The highest BCUT2D eigenvalue weighted by molar-refractivity contribution is 5.83. The summed E-state index contributed by atoms with van der Waals surface area (Å²) in [6.07, 6.45) is 5.08. The Labute approximate surface area is 122 Å². The maximum atomic E-state index is 3.80. The molecule has 2 aromatic carbocycles. The standard InChI is InChI=1S/C19H25N/c1-15(2)13-19(10-5-11-20-19)14-16-8-9-17-6-3-4-7-18(17)12-16/h3-4,6-9,12,15,20H,5,10-11,13-14H2,1-2H3. The summed E-state index contributed by atoms with van der Waals surface area (Å²) in [4.78, 5) is 0. The van der Waals surface area contributed by atoms with E-state index in [1.807, 2.05) is 0 Å². The van der Waals surface area contributed by atoms with E-state index in [4.69, 9.17) is 0 Å². The van der Waals surface area contributed by atoms with Crippen molar-refractivity contribution in [3.63, 3.8) is 0 Å². The Morgan fingerprint density at radius 1 is 1.10 bits per heavy atom. The molecule has 0 bridgehead atoms. The van der Waals surface area contributed by atoms with Crippen LogP contribution in [0.4, 0.5) is 0 Å². The van der Waals surface area contributed by atoms with Gasteiger partial charge in [-0.3, -0.25) is 0 Å². The molecule has 1 unspecified atom stereocenters. The molecule has 1 heterocycles. The Kier molecular flexibility index (Phi) is 3.80. The molecule has 106 valence electrons. The van der Waals surface area contributed by atoms with Crippen LogP contribution in [0.25, 0.3) is 10.8 Å². The molecule has 0 aliphatic carbocycles. The molecular weight excluding hydrogens is 242 g/mol. The first-order valence-corrected chi connectivity index (χ1v) is 7.90. The summed E-state index contributed by atoms with van der Waals surface area (Å²) in [5, 5.41) is 6.50. The third kappa shape index (κ3) is 2.88. The van der Waals surface area contributed by atoms with Gasteiger partial charge >= 0.3 is 0 Å². The average Bonchev–Trinajstić information content (AvgIpc) is 2.86. The molecule has 3 rings (SSSR count). The van der Waals surface area contributed by atoms with Crippen molar-refractivity contribution in [3.05, 3.63) is 48.0 Å². The monoisotopic (exact) mass is 267 g/mol. The molecule has 0 aromatic heterocycles. The van der Waals surface area contributed by atoms with Crippen LogP contribution in [-0.4, -0.2) is 12.1 Å². The van der Waals surface area contributed by atoms with Crippen molar-refractivity contribution in [3.8, 4) is 0 Å². The van der Waals surface area contributed by atoms with Gasteiger partial charge in [0.25, 0.3) is 0 Å². The van der Waals surface area contributed by atoms with E-state index in [9.17, 15) is 0 Å². The highest BCUT2D eigenvalue weighted by atomic mass is 15.0. The first kappa shape index (κ1) is 13.6. The molecule has 0 spiro atoms. The molecule has 0 radical (unpaired) electrons. The number of fused-ring (bicyclic) bond motifs is 1. The van der Waals surface area contributed by atoms with Crippen molar-refractivity contribution in [1.82, 2.24) is 5.32 Å². The van der Waals surface area contributed by atoms with Crippen molar-refractivity contribution in [2.24, 2.45) is 5.92 Å². The predicted octanol–water partition coefficient (Wildman–Crippen LogP) is 4.55. The predicted molar refractivity (Wildman–Crippen MR) is 87.1 cm³/mol. The van der Waals surface area contributed by atoms with Gasteiger partial charge in [0.15, 0.2) is 0 Å². The number of rotatable bonds is 4. The highest BCUT2D eigenvalue weighted by Gasteiger charge is 2.33. The molecule has 1 nitrogen and oxygen atoms in total. The van der Waals surface area contributed by atoms with Gasteiger partial charge in [0.2, 0.25) is 0 Å². The summed E-state index contributed by atoms with van der Waals surface area (Å²) in [6, 6.07) is 15.6. The lowest BCUT2D eigenvalue weighted by atomic mass is 9.82. The molecular formula is C19H25N. The molecule has 2 aromatic rings. The summed E-state index contributed by atoms with van der Waals surface area (Å²) in [5.41, 5.74) is 1.80. The second-order valence-electron chi connectivity index (χ2n) is 6.77. The lowest BCUT2D eigenvalue weighted by Gasteiger charge is -2.32. The van der Waals surface area contributed by atoms with Gasteiger partial charge in [-0.25, -0.2) is 0 Å². The highest BCUT2D eigenvalue weighted by Crippen LogP contribution is 2.31. The Morgan fingerprint density at radius 2 is 1.90 bits per heavy atom. The van der Waals surface area contributed by atoms with Crippen molar-refractivity contribution < 1.29 is 0 Å². The summed E-state index contributed by atoms with van der Waals surface area (Å²) < 4.78 is 0. The first-order chi connectivity index (χ1) is 9.67. The Hall–Kier alpha value is -1.34. The van der Waals surface area contributed by atoms with Crippen molar-refractivity contribution in [1.29, 1.82) is 0 Å². The van der Waals surface area contributed by atoms with Gasteiger partial charge < -0.3 is 5.32 Å². The zero-order valence-corrected chi connectivity index (χ0v) is 12.7. The van der Waals surface area contributed by atoms with Gasteiger partial charge in [-0.05, 0) is 54.5 Å². The van der Waals surface area contributed by atoms with Gasteiger partial charge in [0.05, 0.1) is 0 Å². The quantitative estimate of drug-likeness (QED) is 0.857. The zero-order valence-electron chi connectivity index (χ0n) is 12.7. The van der Waals surface area contributed by atoms with E-state index in [-0.39, 0.29) is 0 Å². The van der Waals surface area contributed by atoms with Gasteiger partial charge in [0.1, 0.15) is 0 Å². The molecule has 1 heteroatoms. The maximum absolute atomic E-state index is 3.80. The Balaban J connectivity index is 1.86. The molecule has 1 saturated heterocycles. The minimum Gasteiger partial charge on any atom is -0.311 e. The second-order valence-corrected chi connectivity index (χ2v) is 6.77. The number of hydrogen-bond donors (Lipinski definition) is 1. The van der Waals surface area contributed by atoms with Gasteiger partial charge in [0, 0.05) is 5.54 Å². The Morgan fingerprint density at radius 3 is 2.60 bits per heavy atom. The first-order valence-electron chi connectivity index (χ1n) is 7.90. The summed E-state index contributed by atoms with van der Waals surface area (Å²) in [6.45, 7) is 5.85. The van der Waals surface area contributed by atoms with E-state index in [0.717, 1.165) is 12.3 Å². The smallest absolute Gasteiger partial charge is 0.0224 e. The Bertz CT molecular complexity index is 579. The minimum absolute atomic E-state index is 0.330. The molecule has 20 heavy (non-hydrogen) atoms. The van der Waals surface area contributed by atoms with E-state index in [2.05, 4.69) is 61.6 Å². The van der Waals surface area contributed by atoms with Crippen LogP contribution < -0.4 is 5.32 Å². The second kappa shape index (κ2) is 5.57. The van der Waals surface area contributed by atoms with Crippen molar-refractivity contribution >= 4 is 10.8 Å². The van der Waals surface area contributed by atoms with E-state index in [1.165, 1.54) is 42.1 Å². The third-order valence-electron chi connectivity index (χ3n) is 4.49. The number of hydrogen-bond acceptors (Lipinski definition) is 1. The van der Waals surface area contributed by atoms with Gasteiger partial charge in [-0.1, -0.05) is 56.3 Å². The fourth-order valence-corrected chi connectivity index (χ4v) is 3.79. The lowest BCUT2D eigenvalue weighted by molar-refractivity contribution is 0.301. The van der Waals surface area contributed by atoms with Crippen LogP contribution in [0.5, 0.6) is 0 Å². The van der Waals surface area contributed by atoms with Crippen LogP contribution in [0, 0.1) is 5.92 Å². The molecule has 0 amide bonds. The van der Waals surface area contributed by atoms with E-state index in [1.54, 1.807) is 0 Å². The van der Waals surface area contributed by atoms with Crippen LogP contribution in [0.3, 0.4) is 0 Å². The number of benzene rings is 2. The molecule has 1 aliphatic rings. The maximum Gasteiger partial charge on any atom is 0.0224 e. The lowest BCUT2D eigenvalue weighted by Crippen LogP contribution is -2.43. The van der Waals surface area contributed by atoms with E-state index < -0.39 is 0 Å². The molecule has 1 aliphatic heterocycles. The van der Waals surface area contributed by atoms with Crippen LogP contribution in [-0.2, 0) is 6.42 Å². The third-order valence-corrected chi connectivity index (χ3v) is 4.49. The topological polar surface area (TPSA) is 12.0 Å². The summed E-state index contributed by atoms with van der Waals surface area (Å²) in [5.74, 6) is 0.751. The molecule has 1 fully saturated rings. The normalized spacial score (nSPS) is 22.8. The SMILES string of the molecule is CC(C)CC1(Cc2ccc3ccccc3c2)CCCN1. The van der Waals surface area contributed by atoms with Crippen LogP contribution in [0.2, 0.25) is 0 Å². The largest absolute Gasteiger partial charge is 0.311 e. The fraction of sp³-hybridized carbons (Fsp3) is 0.474. The molecule has 1 N–H and O–H groups in total. The van der Waals surface area contributed by atoms with E-state index in [0.29, 0.717) is 5.54 Å². The molecule has 1 atom stereocenters. The van der Waals surface area contributed by atoms with Gasteiger partial charge in [-0.15, -0.1) is 0 Å². The fourth-order valence-electron chi connectivity index (χ4n) is 3.79. The average molecular weight is 267 g/mol. The van der Waals surface area contributed by atoms with Crippen molar-refractivity contribution in [2.75, 3.05) is 6.54 Å². The summed E-state index contributed by atoms with van der Waals surface area (Å²) >= 11 is 0. The van der Waals surface area contributed by atoms with Crippen LogP contribution >= 0.6 is 0 Å². The van der Waals surface area contributed by atoms with Crippen molar-refractivity contribution in [2.45, 2.75) is 45.1 Å². The minimum atomic E-state index is 0.330.